The zero-order chi connectivity index (χ0) is 14.6. The van der Waals surface area contributed by atoms with Gasteiger partial charge in [0.25, 0.3) is 0 Å². The van der Waals surface area contributed by atoms with Crippen LogP contribution in [0.5, 0.6) is 0 Å². The van der Waals surface area contributed by atoms with E-state index in [1.165, 1.54) is 0 Å². The zero-order valence-corrected chi connectivity index (χ0v) is 11.2. The molecule has 1 aromatic rings. The first kappa shape index (κ1) is 15.3. The first-order valence-electron chi connectivity index (χ1n) is 6.95. The molecule has 2 unspecified atom stereocenters. The maximum Gasteiger partial charge on any atom is 0.319 e. The van der Waals surface area contributed by atoms with Crippen LogP contribution < -0.4 is 5.32 Å². The molecule has 20 heavy (non-hydrogen) atoms. The van der Waals surface area contributed by atoms with Gasteiger partial charge in [-0.3, -0.25) is 0 Å². The Kier molecular flexibility index (Phi) is 5.02. The number of benzene rings is 1. The van der Waals surface area contributed by atoms with Crippen molar-refractivity contribution in [2.24, 2.45) is 0 Å². The summed E-state index contributed by atoms with van der Waals surface area (Å²) in [5, 5.41) is 2.66. The molecule has 1 fully saturated rings. The Labute approximate surface area is 116 Å². The maximum atomic E-state index is 13.0. The van der Waals surface area contributed by atoms with Crippen molar-refractivity contribution in [3.8, 4) is 0 Å². The van der Waals surface area contributed by atoms with Crippen LogP contribution in [0.15, 0.2) is 30.3 Å². The number of halogens is 4. The molecular formula is C15H19F4N. The number of alkyl halides is 4. The van der Waals surface area contributed by atoms with Crippen molar-refractivity contribution in [2.45, 2.75) is 50.0 Å². The van der Waals surface area contributed by atoms with E-state index >= 15 is 0 Å². The predicted octanol–water partition coefficient (Wildman–Crippen LogP) is 4.20. The van der Waals surface area contributed by atoms with E-state index in [0.717, 1.165) is 31.2 Å². The van der Waals surface area contributed by atoms with E-state index in [0.29, 0.717) is 0 Å². The van der Waals surface area contributed by atoms with Gasteiger partial charge in [0.2, 0.25) is 0 Å². The molecule has 0 heterocycles. The van der Waals surface area contributed by atoms with E-state index in [9.17, 15) is 17.6 Å². The van der Waals surface area contributed by atoms with E-state index < -0.39 is 18.9 Å². The van der Waals surface area contributed by atoms with E-state index in [1.807, 2.05) is 30.3 Å². The Morgan fingerprint density at radius 2 is 1.75 bits per heavy atom. The summed E-state index contributed by atoms with van der Waals surface area (Å²) in [7, 11) is 0. The lowest BCUT2D eigenvalue weighted by atomic mass is 9.80. The van der Waals surface area contributed by atoms with Gasteiger partial charge >= 0.3 is 12.3 Å². The fraction of sp³-hybridized carbons (Fsp3) is 0.600. The van der Waals surface area contributed by atoms with Crippen LogP contribution in [0.4, 0.5) is 17.6 Å². The minimum Gasteiger partial charge on any atom is -0.308 e. The quantitative estimate of drug-likeness (QED) is 0.801. The van der Waals surface area contributed by atoms with Crippen LogP contribution in [0.1, 0.15) is 37.2 Å². The van der Waals surface area contributed by atoms with Crippen molar-refractivity contribution in [1.29, 1.82) is 0 Å². The molecule has 1 aliphatic carbocycles. The summed E-state index contributed by atoms with van der Waals surface area (Å²) in [5.74, 6) is -3.84. The third kappa shape index (κ3) is 3.72. The fourth-order valence-electron chi connectivity index (χ4n) is 2.82. The molecule has 0 spiro atoms. The van der Waals surface area contributed by atoms with Gasteiger partial charge in [-0.2, -0.15) is 8.78 Å². The molecule has 2 rings (SSSR count). The molecule has 1 N–H and O–H groups in total. The zero-order valence-electron chi connectivity index (χ0n) is 11.2. The summed E-state index contributed by atoms with van der Waals surface area (Å²) in [5.41, 5.74) is 1.09. The maximum absolute atomic E-state index is 13.0. The minimum atomic E-state index is -3.96. The molecule has 1 nitrogen and oxygen atoms in total. The van der Waals surface area contributed by atoms with Crippen LogP contribution in [-0.4, -0.2) is 24.9 Å². The number of hydrogen-bond acceptors (Lipinski definition) is 1. The van der Waals surface area contributed by atoms with Gasteiger partial charge in [-0.05, 0) is 24.3 Å². The van der Waals surface area contributed by atoms with Gasteiger partial charge < -0.3 is 5.32 Å². The molecule has 1 aliphatic rings. The van der Waals surface area contributed by atoms with Crippen molar-refractivity contribution in [3.05, 3.63) is 35.9 Å². The fourth-order valence-corrected chi connectivity index (χ4v) is 2.82. The van der Waals surface area contributed by atoms with Crippen LogP contribution in [0, 0.1) is 0 Å². The summed E-state index contributed by atoms with van der Waals surface area (Å²) >= 11 is 0. The number of rotatable bonds is 5. The lowest BCUT2D eigenvalue weighted by Crippen LogP contribution is -2.46. The van der Waals surface area contributed by atoms with E-state index in [4.69, 9.17) is 0 Å². The van der Waals surface area contributed by atoms with Gasteiger partial charge in [0.1, 0.15) is 0 Å². The first-order chi connectivity index (χ1) is 9.50. The lowest BCUT2D eigenvalue weighted by molar-refractivity contribution is -0.126. The molecular weight excluding hydrogens is 270 g/mol. The van der Waals surface area contributed by atoms with Crippen molar-refractivity contribution >= 4 is 0 Å². The molecule has 2 atom stereocenters. The van der Waals surface area contributed by atoms with Crippen LogP contribution in [0.2, 0.25) is 0 Å². The number of nitrogens with one attached hydrogen (secondary N) is 1. The second kappa shape index (κ2) is 6.57. The summed E-state index contributed by atoms with van der Waals surface area (Å²) < 4.78 is 50.4. The van der Waals surface area contributed by atoms with E-state index in [1.54, 1.807) is 0 Å². The van der Waals surface area contributed by atoms with Crippen molar-refractivity contribution < 1.29 is 17.6 Å². The van der Waals surface area contributed by atoms with Crippen LogP contribution >= 0.6 is 0 Å². The molecule has 0 aliphatic heterocycles. The Bertz CT molecular complexity index is 408. The second-order valence-electron chi connectivity index (χ2n) is 5.35. The SMILES string of the molecule is FC(F)C(F)(F)CNC1CCCCC1c1ccccc1. The normalized spacial score (nSPS) is 24.1. The molecule has 112 valence electrons. The van der Waals surface area contributed by atoms with Gasteiger partial charge in [-0.25, -0.2) is 8.78 Å². The highest BCUT2D eigenvalue weighted by Crippen LogP contribution is 2.33. The van der Waals surface area contributed by atoms with E-state index in [-0.39, 0.29) is 12.0 Å². The van der Waals surface area contributed by atoms with Crippen molar-refractivity contribution in [2.75, 3.05) is 6.54 Å². The molecule has 0 radical (unpaired) electrons. The van der Waals surface area contributed by atoms with Gasteiger partial charge in [0, 0.05) is 6.04 Å². The standard InChI is InChI=1S/C15H19F4N/c16-14(17)15(18,19)10-20-13-9-5-4-8-12(13)11-6-2-1-3-7-11/h1-3,6-7,12-14,20H,4-5,8-10H2. The molecule has 0 bridgehead atoms. The van der Waals surface area contributed by atoms with Gasteiger partial charge in [0.05, 0.1) is 6.54 Å². The average molecular weight is 289 g/mol. The van der Waals surface area contributed by atoms with Crippen molar-refractivity contribution in [1.82, 2.24) is 5.32 Å². The molecule has 1 aromatic carbocycles. The van der Waals surface area contributed by atoms with Gasteiger partial charge in [0.15, 0.2) is 0 Å². The van der Waals surface area contributed by atoms with Gasteiger partial charge in [-0.1, -0.05) is 43.2 Å². The Hall–Kier alpha value is -1.10. The summed E-state index contributed by atoms with van der Waals surface area (Å²) in [6.07, 6.45) is 0.0270. The molecule has 0 saturated heterocycles. The lowest BCUT2D eigenvalue weighted by Gasteiger charge is -2.33. The Morgan fingerprint density at radius 3 is 2.40 bits per heavy atom. The Morgan fingerprint density at radius 1 is 1.10 bits per heavy atom. The average Bonchev–Trinajstić information content (AvgIpc) is 2.46. The molecule has 1 saturated carbocycles. The number of hydrogen-bond donors (Lipinski definition) is 1. The first-order valence-corrected chi connectivity index (χ1v) is 6.95. The molecule has 5 heteroatoms. The Balaban J connectivity index is 2.01. The highest BCUT2D eigenvalue weighted by molar-refractivity contribution is 5.22. The van der Waals surface area contributed by atoms with Crippen LogP contribution in [0.3, 0.4) is 0 Å². The smallest absolute Gasteiger partial charge is 0.308 e. The highest BCUT2D eigenvalue weighted by Gasteiger charge is 2.41. The van der Waals surface area contributed by atoms with Gasteiger partial charge in [-0.15, -0.1) is 0 Å². The highest BCUT2D eigenvalue weighted by atomic mass is 19.3. The summed E-state index contributed by atoms with van der Waals surface area (Å²) in [4.78, 5) is 0. The summed E-state index contributed by atoms with van der Waals surface area (Å²) in [6.45, 7) is -0.960. The predicted molar refractivity (Wildman–Crippen MR) is 70.4 cm³/mol. The second-order valence-corrected chi connectivity index (χ2v) is 5.35. The summed E-state index contributed by atoms with van der Waals surface area (Å²) in [6, 6.07) is 9.51. The molecule has 0 amide bonds. The molecule has 0 aromatic heterocycles. The topological polar surface area (TPSA) is 12.0 Å². The minimum absolute atomic E-state index is 0.124. The van der Waals surface area contributed by atoms with E-state index in [2.05, 4.69) is 5.32 Å². The third-order valence-electron chi connectivity index (χ3n) is 3.91. The van der Waals surface area contributed by atoms with Crippen LogP contribution in [-0.2, 0) is 0 Å². The van der Waals surface area contributed by atoms with Crippen molar-refractivity contribution in [3.63, 3.8) is 0 Å². The monoisotopic (exact) mass is 289 g/mol. The largest absolute Gasteiger partial charge is 0.319 e. The third-order valence-corrected chi connectivity index (χ3v) is 3.91. The van der Waals surface area contributed by atoms with Crippen LogP contribution in [0.25, 0.3) is 0 Å².